The van der Waals surface area contributed by atoms with Crippen molar-refractivity contribution in [2.45, 2.75) is 45.2 Å². The third-order valence-electron chi connectivity index (χ3n) is 6.91. The lowest BCUT2D eigenvalue weighted by molar-refractivity contribution is -0.159. The highest BCUT2D eigenvalue weighted by Crippen LogP contribution is 2.58. The molecule has 2 aromatic heterocycles. The molecule has 1 saturated heterocycles. The lowest BCUT2D eigenvalue weighted by atomic mass is 9.74. The van der Waals surface area contributed by atoms with E-state index in [1.54, 1.807) is 19.1 Å². The molecular formula is C27H29NO6S. The number of nitrogens with zero attached hydrogens (tertiary/aromatic N) is 1. The van der Waals surface area contributed by atoms with Crippen LogP contribution in [0.2, 0.25) is 0 Å². The number of aryl methyl sites for hydroxylation is 3. The van der Waals surface area contributed by atoms with Crippen molar-refractivity contribution < 1.29 is 28.6 Å². The molecule has 1 aliphatic heterocycles. The maximum Gasteiger partial charge on any atom is 0.330 e. The molecule has 1 aliphatic rings. The fourth-order valence-corrected chi connectivity index (χ4v) is 6.53. The van der Waals surface area contributed by atoms with E-state index in [-0.39, 0.29) is 18.2 Å². The van der Waals surface area contributed by atoms with Gasteiger partial charge < -0.3 is 19.2 Å². The van der Waals surface area contributed by atoms with E-state index < -0.39 is 35.3 Å². The van der Waals surface area contributed by atoms with Crippen LogP contribution in [-0.4, -0.2) is 46.9 Å². The number of carboxylic acids is 1. The minimum atomic E-state index is -1.71. The van der Waals surface area contributed by atoms with Crippen LogP contribution < -0.4 is 0 Å². The molecule has 8 heteroatoms. The van der Waals surface area contributed by atoms with Gasteiger partial charge in [0.2, 0.25) is 11.7 Å². The van der Waals surface area contributed by atoms with Crippen LogP contribution in [0, 0.1) is 26.7 Å². The largest absolute Gasteiger partial charge is 0.479 e. The Morgan fingerprint density at radius 2 is 1.89 bits per heavy atom. The van der Waals surface area contributed by atoms with Crippen LogP contribution in [0.4, 0.5) is 0 Å². The summed E-state index contributed by atoms with van der Waals surface area (Å²) in [6.45, 7) is 6.80. The number of rotatable bonds is 7. The first kappa shape index (κ1) is 24.9. The Balaban J connectivity index is 2.05. The number of hydrogen-bond acceptors (Lipinski definition) is 6. The van der Waals surface area contributed by atoms with Crippen molar-refractivity contribution in [1.29, 1.82) is 0 Å². The number of hydrogen-bond donors (Lipinski definition) is 1. The summed E-state index contributed by atoms with van der Waals surface area (Å²) in [5.74, 6) is -2.96. The third kappa shape index (κ3) is 4.10. The molecule has 4 rings (SSSR count). The molecule has 0 bridgehead atoms. The van der Waals surface area contributed by atoms with Crippen LogP contribution in [-0.2, 0) is 14.3 Å². The zero-order valence-corrected chi connectivity index (χ0v) is 21.2. The topological polar surface area (TPSA) is 97.0 Å². The standard InChI is InChI=1S/C27H29NO6S/c1-15-7-6-8-18(13-15)23-21(24(30)19-10-9-17(3)34-19)22(25-16(2)11-12-35-25)27(4,26(31)32)28(23)20(29)14-33-5/h6-13,21-23H,14H2,1-5H3,(H,31,32). The minimum absolute atomic E-state index is 0.151. The number of thiophene rings is 1. The molecular weight excluding hydrogens is 466 g/mol. The van der Waals surface area contributed by atoms with E-state index in [1.165, 1.54) is 30.3 Å². The predicted octanol–water partition coefficient (Wildman–Crippen LogP) is 4.92. The Kier molecular flexibility index (Phi) is 6.71. The molecule has 1 amide bonds. The van der Waals surface area contributed by atoms with Crippen molar-refractivity contribution in [3.8, 4) is 0 Å². The summed E-state index contributed by atoms with van der Waals surface area (Å²) in [4.78, 5) is 42.8. The number of aliphatic carboxylic acids is 1. The van der Waals surface area contributed by atoms with E-state index in [4.69, 9.17) is 9.15 Å². The quantitative estimate of drug-likeness (QED) is 0.467. The van der Waals surface area contributed by atoms with Crippen molar-refractivity contribution in [3.63, 3.8) is 0 Å². The number of furan rings is 1. The first-order valence-electron chi connectivity index (χ1n) is 11.4. The van der Waals surface area contributed by atoms with Gasteiger partial charge in [0.05, 0.1) is 12.0 Å². The van der Waals surface area contributed by atoms with Gasteiger partial charge in [-0.1, -0.05) is 29.8 Å². The van der Waals surface area contributed by atoms with Gasteiger partial charge in [-0.15, -0.1) is 11.3 Å². The molecule has 1 aromatic carbocycles. The molecule has 184 valence electrons. The lowest BCUT2D eigenvalue weighted by Crippen LogP contribution is -2.55. The monoisotopic (exact) mass is 495 g/mol. The van der Waals surface area contributed by atoms with E-state index in [0.29, 0.717) is 11.3 Å². The molecule has 4 atom stereocenters. The number of Topliss-reactive ketones (excluding diaryl/α,β-unsaturated/α-hetero) is 1. The van der Waals surface area contributed by atoms with Gasteiger partial charge in [0.1, 0.15) is 17.9 Å². The Labute approximate surface area is 208 Å². The Morgan fingerprint density at radius 1 is 1.14 bits per heavy atom. The summed E-state index contributed by atoms with van der Waals surface area (Å²) in [7, 11) is 1.39. The fraction of sp³-hybridized carbons (Fsp3) is 0.370. The summed E-state index contributed by atoms with van der Waals surface area (Å²) in [6, 6.07) is 11.9. The van der Waals surface area contributed by atoms with Gasteiger partial charge in [0, 0.05) is 17.9 Å². The van der Waals surface area contributed by atoms with E-state index in [1.807, 2.05) is 49.6 Å². The fourth-order valence-electron chi connectivity index (χ4n) is 5.33. The number of amides is 1. The highest BCUT2D eigenvalue weighted by Gasteiger charge is 2.65. The Hall–Kier alpha value is -3.23. The number of likely N-dealkylation sites (tertiary alicyclic amines) is 1. The van der Waals surface area contributed by atoms with Crippen LogP contribution in [0.15, 0.2) is 52.3 Å². The number of ether oxygens (including phenoxy) is 1. The molecule has 7 nitrogen and oxygen atoms in total. The van der Waals surface area contributed by atoms with E-state index in [9.17, 15) is 19.5 Å². The van der Waals surface area contributed by atoms with Gasteiger partial charge in [-0.3, -0.25) is 9.59 Å². The Bertz CT molecular complexity index is 1280. The minimum Gasteiger partial charge on any atom is -0.479 e. The maximum atomic E-state index is 14.1. The predicted molar refractivity (Wildman–Crippen MR) is 132 cm³/mol. The lowest BCUT2D eigenvalue weighted by Gasteiger charge is -2.37. The van der Waals surface area contributed by atoms with Crippen molar-refractivity contribution >= 4 is 29.0 Å². The average molecular weight is 496 g/mol. The zero-order valence-electron chi connectivity index (χ0n) is 20.4. The first-order valence-corrected chi connectivity index (χ1v) is 12.2. The highest BCUT2D eigenvalue weighted by atomic mass is 32.1. The molecule has 0 saturated carbocycles. The summed E-state index contributed by atoms with van der Waals surface area (Å²) in [5.41, 5.74) is 0.807. The number of carbonyl (C=O) groups excluding carboxylic acids is 2. The van der Waals surface area contributed by atoms with Crippen molar-refractivity contribution in [2.75, 3.05) is 13.7 Å². The molecule has 35 heavy (non-hydrogen) atoms. The van der Waals surface area contributed by atoms with Crippen LogP contribution in [0.25, 0.3) is 0 Å². The third-order valence-corrected chi connectivity index (χ3v) is 8.01. The van der Waals surface area contributed by atoms with Gasteiger partial charge in [-0.05, 0) is 62.4 Å². The molecule has 1 N–H and O–H groups in total. The van der Waals surface area contributed by atoms with Crippen LogP contribution >= 0.6 is 11.3 Å². The summed E-state index contributed by atoms with van der Waals surface area (Å²) >= 11 is 1.40. The van der Waals surface area contributed by atoms with Crippen molar-refractivity contribution in [2.24, 2.45) is 5.92 Å². The number of benzene rings is 1. The van der Waals surface area contributed by atoms with Gasteiger partial charge in [0.25, 0.3) is 0 Å². The van der Waals surface area contributed by atoms with E-state index in [0.717, 1.165) is 16.0 Å². The molecule has 0 spiro atoms. The van der Waals surface area contributed by atoms with Crippen LogP contribution in [0.1, 0.15) is 56.8 Å². The summed E-state index contributed by atoms with van der Waals surface area (Å²) in [6.07, 6.45) is 0. The molecule has 4 unspecified atom stereocenters. The van der Waals surface area contributed by atoms with Gasteiger partial charge in [-0.25, -0.2) is 4.79 Å². The van der Waals surface area contributed by atoms with Crippen LogP contribution in [0.5, 0.6) is 0 Å². The summed E-state index contributed by atoms with van der Waals surface area (Å²) in [5, 5.41) is 12.5. The number of methoxy groups -OCH3 is 1. The number of carboxylic acid groups (broad SMARTS) is 1. The highest BCUT2D eigenvalue weighted by molar-refractivity contribution is 7.10. The molecule has 3 heterocycles. The number of ketones is 1. The molecule has 3 aromatic rings. The first-order chi connectivity index (χ1) is 16.6. The SMILES string of the molecule is COCC(=O)N1C(c2cccc(C)c2)C(C(=O)c2ccc(C)o2)C(c2sccc2C)C1(C)C(=O)O. The summed E-state index contributed by atoms with van der Waals surface area (Å²) < 4.78 is 10.9. The Morgan fingerprint density at radius 3 is 2.43 bits per heavy atom. The van der Waals surface area contributed by atoms with Gasteiger partial charge >= 0.3 is 5.97 Å². The second-order valence-electron chi connectivity index (χ2n) is 9.25. The normalized spacial score (nSPS) is 24.0. The zero-order chi connectivity index (χ0) is 25.5. The van der Waals surface area contributed by atoms with Gasteiger partial charge in [-0.2, -0.15) is 0 Å². The molecule has 0 radical (unpaired) electrons. The molecule has 1 fully saturated rings. The van der Waals surface area contributed by atoms with Crippen molar-refractivity contribution in [1.82, 2.24) is 4.90 Å². The van der Waals surface area contributed by atoms with E-state index >= 15 is 0 Å². The van der Waals surface area contributed by atoms with Gasteiger partial charge in [0.15, 0.2) is 5.76 Å². The van der Waals surface area contributed by atoms with E-state index in [2.05, 4.69) is 0 Å². The molecule has 0 aliphatic carbocycles. The smallest absolute Gasteiger partial charge is 0.330 e. The second kappa shape index (κ2) is 9.43. The maximum absolute atomic E-state index is 14.1. The second-order valence-corrected chi connectivity index (χ2v) is 10.2. The number of carbonyl (C=O) groups is 3. The van der Waals surface area contributed by atoms with Crippen LogP contribution in [0.3, 0.4) is 0 Å². The average Bonchev–Trinajstić information content (AvgIpc) is 3.49. The van der Waals surface area contributed by atoms with Crippen molar-refractivity contribution in [3.05, 3.63) is 80.9 Å².